The zero-order valence-corrected chi connectivity index (χ0v) is 18.1. The Morgan fingerprint density at radius 1 is 1.14 bits per heavy atom. The molecule has 0 atom stereocenters. The Bertz CT molecular complexity index is 969. The standard InChI is InChI=1S/C23H28N2O2S/c1-15-13-16(2)21-19(14-15)28-22(25-21)24-20(26)7-6-12-27-18-10-8-17(9-11-18)23(3,4)5/h8-11,13-14H,6-7,12H2,1-5H3,(H,24,25,26). The zero-order chi connectivity index (χ0) is 20.3. The van der Waals surface area contributed by atoms with Crippen LogP contribution in [0.5, 0.6) is 5.75 Å². The summed E-state index contributed by atoms with van der Waals surface area (Å²) >= 11 is 1.52. The summed E-state index contributed by atoms with van der Waals surface area (Å²) in [4.78, 5) is 16.8. The number of benzene rings is 2. The average Bonchev–Trinajstić information content (AvgIpc) is 3.01. The van der Waals surface area contributed by atoms with Crippen LogP contribution in [-0.4, -0.2) is 17.5 Å². The highest BCUT2D eigenvalue weighted by Crippen LogP contribution is 2.29. The van der Waals surface area contributed by atoms with Gasteiger partial charge in [-0.1, -0.05) is 50.3 Å². The van der Waals surface area contributed by atoms with Crippen molar-refractivity contribution in [2.75, 3.05) is 11.9 Å². The van der Waals surface area contributed by atoms with Crippen molar-refractivity contribution >= 4 is 32.6 Å². The van der Waals surface area contributed by atoms with E-state index in [4.69, 9.17) is 4.74 Å². The molecule has 1 heterocycles. The van der Waals surface area contributed by atoms with Gasteiger partial charge >= 0.3 is 0 Å². The van der Waals surface area contributed by atoms with E-state index in [9.17, 15) is 4.79 Å². The van der Waals surface area contributed by atoms with E-state index in [0.717, 1.165) is 21.5 Å². The van der Waals surface area contributed by atoms with Gasteiger partial charge in [0.2, 0.25) is 5.91 Å². The van der Waals surface area contributed by atoms with Crippen molar-refractivity contribution in [3.63, 3.8) is 0 Å². The Morgan fingerprint density at radius 3 is 2.54 bits per heavy atom. The number of fused-ring (bicyclic) bond motifs is 1. The third-order valence-electron chi connectivity index (χ3n) is 4.61. The van der Waals surface area contributed by atoms with Crippen LogP contribution in [0.25, 0.3) is 10.2 Å². The Labute approximate surface area is 171 Å². The van der Waals surface area contributed by atoms with Crippen LogP contribution in [0.15, 0.2) is 36.4 Å². The number of aromatic nitrogens is 1. The number of thiazole rings is 1. The molecule has 0 unspecified atom stereocenters. The van der Waals surface area contributed by atoms with Crippen LogP contribution >= 0.6 is 11.3 Å². The van der Waals surface area contributed by atoms with Crippen molar-refractivity contribution in [3.05, 3.63) is 53.1 Å². The van der Waals surface area contributed by atoms with E-state index < -0.39 is 0 Å². The molecule has 0 aliphatic rings. The lowest BCUT2D eigenvalue weighted by Gasteiger charge is -2.19. The van der Waals surface area contributed by atoms with Gasteiger partial charge in [-0.3, -0.25) is 4.79 Å². The van der Waals surface area contributed by atoms with Crippen LogP contribution in [-0.2, 0) is 10.2 Å². The highest BCUT2D eigenvalue weighted by Gasteiger charge is 2.13. The number of rotatable bonds is 6. The molecular formula is C23H28N2O2S. The predicted molar refractivity (Wildman–Crippen MR) is 118 cm³/mol. The van der Waals surface area contributed by atoms with Gasteiger partial charge in [0.1, 0.15) is 5.75 Å². The number of nitrogens with zero attached hydrogens (tertiary/aromatic N) is 1. The van der Waals surface area contributed by atoms with Crippen molar-refractivity contribution in [2.45, 2.75) is 52.9 Å². The molecule has 0 aliphatic heterocycles. The number of anilines is 1. The molecule has 28 heavy (non-hydrogen) atoms. The highest BCUT2D eigenvalue weighted by molar-refractivity contribution is 7.22. The minimum absolute atomic E-state index is 0.0277. The van der Waals surface area contributed by atoms with E-state index in [0.29, 0.717) is 24.6 Å². The number of aryl methyl sites for hydroxylation is 2. The molecule has 1 aromatic heterocycles. The topological polar surface area (TPSA) is 51.2 Å². The Hall–Kier alpha value is -2.40. The zero-order valence-electron chi connectivity index (χ0n) is 17.3. The summed E-state index contributed by atoms with van der Waals surface area (Å²) in [6.45, 7) is 11.2. The van der Waals surface area contributed by atoms with Crippen LogP contribution in [0.4, 0.5) is 5.13 Å². The molecule has 3 rings (SSSR count). The molecule has 0 bridgehead atoms. The maximum Gasteiger partial charge on any atom is 0.226 e. The Morgan fingerprint density at radius 2 is 1.86 bits per heavy atom. The second-order valence-electron chi connectivity index (χ2n) is 8.22. The first-order chi connectivity index (χ1) is 13.2. The Kier molecular flexibility index (Phi) is 6.04. The van der Waals surface area contributed by atoms with Crippen molar-refractivity contribution in [1.29, 1.82) is 0 Å². The van der Waals surface area contributed by atoms with Gasteiger partial charge in [0.05, 0.1) is 16.8 Å². The van der Waals surface area contributed by atoms with Gasteiger partial charge < -0.3 is 10.1 Å². The van der Waals surface area contributed by atoms with Gasteiger partial charge in [0, 0.05) is 6.42 Å². The molecule has 0 saturated heterocycles. The summed E-state index contributed by atoms with van der Waals surface area (Å²) in [7, 11) is 0. The second kappa shape index (κ2) is 8.31. The number of nitrogens with one attached hydrogen (secondary N) is 1. The highest BCUT2D eigenvalue weighted by atomic mass is 32.1. The molecule has 0 aliphatic carbocycles. The van der Waals surface area contributed by atoms with Gasteiger partial charge in [-0.25, -0.2) is 4.98 Å². The van der Waals surface area contributed by atoms with Gasteiger partial charge in [-0.05, 0) is 60.6 Å². The summed E-state index contributed by atoms with van der Waals surface area (Å²) in [5, 5.41) is 3.57. The Balaban J connectivity index is 1.46. The van der Waals surface area contributed by atoms with Gasteiger partial charge in [-0.2, -0.15) is 0 Å². The summed E-state index contributed by atoms with van der Waals surface area (Å²) in [6, 6.07) is 12.4. The molecule has 0 fully saturated rings. The molecule has 0 radical (unpaired) electrons. The molecule has 1 N–H and O–H groups in total. The number of carbonyl (C=O) groups excluding carboxylic acids is 1. The predicted octanol–water partition coefficient (Wildman–Crippen LogP) is 6.01. The summed E-state index contributed by atoms with van der Waals surface area (Å²) in [5.74, 6) is 0.811. The van der Waals surface area contributed by atoms with Crippen molar-refractivity contribution < 1.29 is 9.53 Å². The van der Waals surface area contributed by atoms with Crippen LogP contribution in [0, 0.1) is 13.8 Å². The minimum Gasteiger partial charge on any atom is -0.494 e. The first-order valence-corrected chi connectivity index (χ1v) is 10.4. The summed E-state index contributed by atoms with van der Waals surface area (Å²) in [5.41, 5.74) is 4.72. The lowest BCUT2D eigenvalue weighted by Crippen LogP contribution is -2.13. The lowest BCUT2D eigenvalue weighted by atomic mass is 9.87. The molecule has 4 nitrogen and oxygen atoms in total. The molecule has 2 aromatic carbocycles. The van der Waals surface area contributed by atoms with Crippen LogP contribution < -0.4 is 10.1 Å². The lowest BCUT2D eigenvalue weighted by molar-refractivity contribution is -0.116. The fraction of sp³-hybridized carbons (Fsp3) is 0.391. The van der Waals surface area contributed by atoms with Crippen LogP contribution in [0.2, 0.25) is 0 Å². The van der Waals surface area contributed by atoms with E-state index in [1.807, 2.05) is 19.1 Å². The molecular weight excluding hydrogens is 368 g/mol. The maximum atomic E-state index is 12.2. The van der Waals surface area contributed by atoms with Gasteiger partial charge in [-0.15, -0.1) is 0 Å². The fourth-order valence-electron chi connectivity index (χ4n) is 3.08. The molecule has 148 valence electrons. The van der Waals surface area contributed by atoms with Crippen molar-refractivity contribution in [3.8, 4) is 5.75 Å². The summed E-state index contributed by atoms with van der Waals surface area (Å²) in [6.07, 6.45) is 1.07. The molecule has 3 aromatic rings. The largest absolute Gasteiger partial charge is 0.494 e. The first-order valence-electron chi connectivity index (χ1n) is 9.63. The van der Waals surface area contributed by atoms with E-state index in [2.05, 4.69) is 62.3 Å². The maximum absolute atomic E-state index is 12.2. The molecule has 1 amide bonds. The number of hydrogen-bond acceptors (Lipinski definition) is 4. The smallest absolute Gasteiger partial charge is 0.226 e. The quantitative estimate of drug-likeness (QED) is 0.519. The normalized spacial score (nSPS) is 11.6. The molecule has 0 saturated carbocycles. The first kappa shape index (κ1) is 20.3. The summed E-state index contributed by atoms with van der Waals surface area (Å²) < 4.78 is 6.86. The molecule has 0 spiro atoms. The van der Waals surface area contributed by atoms with Crippen LogP contribution in [0.3, 0.4) is 0 Å². The van der Waals surface area contributed by atoms with E-state index in [1.54, 1.807) is 0 Å². The third-order valence-corrected chi connectivity index (χ3v) is 5.53. The second-order valence-corrected chi connectivity index (χ2v) is 9.25. The SMILES string of the molecule is Cc1cc(C)c2nc(NC(=O)CCCOc3ccc(C(C)(C)C)cc3)sc2c1. The number of ether oxygens (including phenoxy) is 1. The van der Waals surface area contributed by atoms with Crippen molar-refractivity contribution in [1.82, 2.24) is 4.98 Å². The monoisotopic (exact) mass is 396 g/mol. The van der Waals surface area contributed by atoms with E-state index in [1.165, 1.54) is 22.5 Å². The van der Waals surface area contributed by atoms with Gasteiger partial charge in [0.25, 0.3) is 0 Å². The minimum atomic E-state index is -0.0277. The van der Waals surface area contributed by atoms with Gasteiger partial charge in [0.15, 0.2) is 5.13 Å². The number of hydrogen-bond donors (Lipinski definition) is 1. The van der Waals surface area contributed by atoms with E-state index in [-0.39, 0.29) is 11.3 Å². The van der Waals surface area contributed by atoms with Crippen molar-refractivity contribution in [2.24, 2.45) is 0 Å². The molecule has 5 heteroatoms. The fourth-order valence-corrected chi connectivity index (χ4v) is 4.14. The number of amides is 1. The number of carbonyl (C=O) groups is 1. The average molecular weight is 397 g/mol. The third kappa shape index (κ3) is 5.10. The van der Waals surface area contributed by atoms with E-state index >= 15 is 0 Å². The van der Waals surface area contributed by atoms with Crippen LogP contribution in [0.1, 0.15) is 50.3 Å².